The van der Waals surface area contributed by atoms with Crippen molar-refractivity contribution in [2.24, 2.45) is 0 Å². The summed E-state index contributed by atoms with van der Waals surface area (Å²) in [6.45, 7) is 3.45. The summed E-state index contributed by atoms with van der Waals surface area (Å²) in [5.41, 5.74) is 2.26. The van der Waals surface area contributed by atoms with Gasteiger partial charge in [0.25, 0.3) is 5.56 Å². The van der Waals surface area contributed by atoms with Crippen molar-refractivity contribution >= 4 is 29.1 Å². The number of aromatic nitrogens is 4. The van der Waals surface area contributed by atoms with Gasteiger partial charge in [-0.2, -0.15) is 9.78 Å². The van der Waals surface area contributed by atoms with E-state index in [9.17, 15) is 9.59 Å². The molecule has 3 heterocycles. The van der Waals surface area contributed by atoms with E-state index in [1.807, 2.05) is 23.6 Å². The summed E-state index contributed by atoms with van der Waals surface area (Å²) in [5.74, 6) is 1.38. The number of carbonyl (C=O) groups is 1. The van der Waals surface area contributed by atoms with Gasteiger partial charge in [-0.25, -0.2) is 4.98 Å². The van der Waals surface area contributed by atoms with Crippen molar-refractivity contribution in [1.29, 1.82) is 0 Å². The second-order valence-electron chi connectivity index (χ2n) is 7.34. The number of nitrogens with zero attached hydrogens (tertiary/aromatic N) is 3. The molecular formula is C24H23N5O4S. The van der Waals surface area contributed by atoms with Gasteiger partial charge in [-0.05, 0) is 49.1 Å². The molecule has 0 saturated heterocycles. The SMILES string of the molecule is COc1ccc(C=CC(=O)Nc2cc(-c3cccs3)nn2-c2nc(C)c(C)c(=O)[nH]2)cc1OC. The van der Waals surface area contributed by atoms with Crippen LogP contribution in [0.5, 0.6) is 11.5 Å². The zero-order valence-electron chi connectivity index (χ0n) is 19.1. The summed E-state index contributed by atoms with van der Waals surface area (Å²) < 4.78 is 12.0. The number of thiophene rings is 1. The Kier molecular flexibility index (Phi) is 6.60. The summed E-state index contributed by atoms with van der Waals surface area (Å²) in [4.78, 5) is 33.1. The average molecular weight is 478 g/mol. The number of anilines is 1. The number of hydrogen-bond acceptors (Lipinski definition) is 7. The van der Waals surface area contributed by atoms with Gasteiger partial charge in [0.05, 0.1) is 19.1 Å². The minimum absolute atomic E-state index is 0.218. The largest absolute Gasteiger partial charge is 0.493 e. The summed E-state index contributed by atoms with van der Waals surface area (Å²) in [5, 5.41) is 9.34. The highest BCUT2D eigenvalue weighted by molar-refractivity contribution is 7.13. The first kappa shape index (κ1) is 23.0. The molecule has 2 N–H and O–H groups in total. The number of aromatic amines is 1. The topological polar surface area (TPSA) is 111 Å². The zero-order valence-corrected chi connectivity index (χ0v) is 19.9. The fraction of sp³-hybridized carbons (Fsp3) is 0.167. The predicted molar refractivity (Wildman–Crippen MR) is 132 cm³/mol. The molecule has 4 aromatic rings. The van der Waals surface area contributed by atoms with E-state index in [0.717, 1.165) is 10.4 Å². The van der Waals surface area contributed by atoms with E-state index in [-0.39, 0.29) is 17.4 Å². The molecule has 10 heteroatoms. The van der Waals surface area contributed by atoms with Gasteiger partial charge in [0.1, 0.15) is 11.5 Å². The van der Waals surface area contributed by atoms with Crippen LogP contribution in [0.2, 0.25) is 0 Å². The van der Waals surface area contributed by atoms with E-state index >= 15 is 0 Å². The standard InChI is InChI=1S/C24H23N5O4S/c1-14-15(2)25-24(27-23(14)31)29-21(13-17(28-29)20-6-5-11-34-20)26-22(30)10-8-16-7-9-18(32-3)19(12-16)33-4/h5-13H,1-4H3,(H,26,30)(H,25,27,31). The smallest absolute Gasteiger partial charge is 0.255 e. The Hall–Kier alpha value is -4.18. The first-order chi connectivity index (χ1) is 16.4. The highest BCUT2D eigenvalue weighted by atomic mass is 32.1. The Labute approximate surface area is 199 Å². The minimum atomic E-state index is -0.375. The monoisotopic (exact) mass is 477 g/mol. The first-order valence-corrected chi connectivity index (χ1v) is 11.2. The third-order valence-electron chi connectivity index (χ3n) is 5.15. The molecule has 0 saturated carbocycles. The maximum Gasteiger partial charge on any atom is 0.255 e. The van der Waals surface area contributed by atoms with Crippen LogP contribution in [-0.4, -0.2) is 39.9 Å². The van der Waals surface area contributed by atoms with Gasteiger partial charge in [-0.15, -0.1) is 11.3 Å². The van der Waals surface area contributed by atoms with Crippen LogP contribution in [-0.2, 0) is 4.79 Å². The van der Waals surface area contributed by atoms with Gasteiger partial charge in [0.15, 0.2) is 11.5 Å². The van der Waals surface area contributed by atoms with Gasteiger partial charge in [-0.3, -0.25) is 14.6 Å². The van der Waals surface area contributed by atoms with Crippen LogP contribution in [0.1, 0.15) is 16.8 Å². The summed E-state index contributed by atoms with van der Waals surface area (Å²) in [6, 6.07) is 10.9. The van der Waals surface area contributed by atoms with Gasteiger partial charge >= 0.3 is 0 Å². The number of ether oxygens (including phenoxy) is 2. The highest BCUT2D eigenvalue weighted by Crippen LogP contribution is 2.29. The molecule has 1 aromatic carbocycles. The van der Waals surface area contributed by atoms with Crippen molar-refractivity contribution in [1.82, 2.24) is 19.7 Å². The Morgan fingerprint density at radius 2 is 1.94 bits per heavy atom. The van der Waals surface area contributed by atoms with Crippen LogP contribution in [0.3, 0.4) is 0 Å². The number of hydrogen-bond donors (Lipinski definition) is 2. The highest BCUT2D eigenvalue weighted by Gasteiger charge is 2.16. The fourth-order valence-corrected chi connectivity index (χ4v) is 3.88. The third kappa shape index (κ3) is 4.76. The lowest BCUT2D eigenvalue weighted by Gasteiger charge is -2.08. The minimum Gasteiger partial charge on any atom is -0.493 e. The molecular weight excluding hydrogens is 454 g/mol. The van der Waals surface area contributed by atoms with Crippen molar-refractivity contribution < 1.29 is 14.3 Å². The Morgan fingerprint density at radius 1 is 1.15 bits per heavy atom. The number of H-pyrrole nitrogens is 1. The lowest BCUT2D eigenvalue weighted by Crippen LogP contribution is -2.20. The molecule has 34 heavy (non-hydrogen) atoms. The number of methoxy groups -OCH3 is 2. The molecule has 174 valence electrons. The summed E-state index contributed by atoms with van der Waals surface area (Å²) in [6.07, 6.45) is 3.06. The Bertz CT molecular complexity index is 1420. The van der Waals surface area contributed by atoms with Gasteiger partial charge < -0.3 is 14.8 Å². The Balaban J connectivity index is 1.65. The van der Waals surface area contributed by atoms with Crippen LogP contribution >= 0.6 is 11.3 Å². The molecule has 4 rings (SSSR count). The number of benzene rings is 1. The Morgan fingerprint density at radius 3 is 2.62 bits per heavy atom. The van der Waals surface area contributed by atoms with E-state index in [1.54, 1.807) is 52.3 Å². The predicted octanol–water partition coefficient (Wildman–Crippen LogP) is 3.97. The molecule has 0 unspecified atom stereocenters. The molecule has 0 radical (unpaired) electrons. The van der Waals surface area contributed by atoms with Crippen LogP contribution in [0.4, 0.5) is 5.82 Å². The molecule has 0 aliphatic rings. The molecule has 0 aliphatic carbocycles. The molecule has 0 atom stereocenters. The van der Waals surface area contributed by atoms with Gasteiger partial charge in [-0.1, -0.05) is 12.1 Å². The number of aryl methyl sites for hydroxylation is 1. The van der Waals surface area contributed by atoms with Crippen molar-refractivity contribution in [2.45, 2.75) is 13.8 Å². The molecule has 9 nitrogen and oxygen atoms in total. The summed E-state index contributed by atoms with van der Waals surface area (Å²) in [7, 11) is 3.11. The van der Waals surface area contributed by atoms with Crippen molar-refractivity contribution in [3.05, 3.63) is 75.0 Å². The third-order valence-corrected chi connectivity index (χ3v) is 6.04. The number of nitrogens with one attached hydrogen (secondary N) is 2. The molecule has 0 fully saturated rings. The molecule has 0 spiro atoms. The van der Waals surface area contributed by atoms with E-state index in [1.165, 1.54) is 22.1 Å². The fourth-order valence-electron chi connectivity index (χ4n) is 3.20. The van der Waals surface area contributed by atoms with E-state index in [0.29, 0.717) is 34.3 Å². The number of amides is 1. The van der Waals surface area contributed by atoms with Crippen molar-refractivity contribution in [3.63, 3.8) is 0 Å². The maximum atomic E-state index is 12.7. The van der Waals surface area contributed by atoms with Crippen molar-refractivity contribution in [2.75, 3.05) is 19.5 Å². The molecule has 0 aliphatic heterocycles. The zero-order chi connectivity index (χ0) is 24.2. The van der Waals surface area contributed by atoms with E-state index < -0.39 is 0 Å². The van der Waals surface area contributed by atoms with Crippen LogP contribution < -0.4 is 20.3 Å². The normalized spacial score (nSPS) is 11.1. The molecule has 1 amide bonds. The lowest BCUT2D eigenvalue weighted by molar-refractivity contribution is -0.111. The maximum absolute atomic E-state index is 12.7. The van der Waals surface area contributed by atoms with Crippen molar-refractivity contribution in [3.8, 4) is 28.0 Å². The molecule has 0 bridgehead atoms. The average Bonchev–Trinajstić information content (AvgIpc) is 3.51. The van der Waals surface area contributed by atoms with E-state index in [4.69, 9.17) is 9.47 Å². The van der Waals surface area contributed by atoms with Crippen LogP contribution in [0.25, 0.3) is 22.6 Å². The van der Waals surface area contributed by atoms with E-state index in [2.05, 4.69) is 20.4 Å². The van der Waals surface area contributed by atoms with Gasteiger partial charge in [0, 0.05) is 23.4 Å². The number of carbonyl (C=O) groups excluding carboxylic acids is 1. The summed E-state index contributed by atoms with van der Waals surface area (Å²) >= 11 is 1.52. The lowest BCUT2D eigenvalue weighted by atomic mass is 10.2. The number of rotatable bonds is 7. The second kappa shape index (κ2) is 9.75. The quantitative estimate of drug-likeness (QED) is 0.390. The molecule has 3 aromatic heterocycles. The first-order valence-electron chi connectivity index (χ1n) is 10.3. The van der Waals surface area contributed by atoms with Crippen LogP contribution in [0.15, 0.2) is 52.6 Å². The van der Waals surface area contributed by atoms with Gasteiger partial charge in [0.2, 0.25) is 11.9 Å². The van der Waals surface area contributed by atoms with Crippen LogP contribution in [0, 0.1) is 13.8 Å². The second-order valence-corrected chi connectivity index (χ2v) is 8.29.